The lowest BCUT2D eigenvalue weighted by Crippen LogP contribution is -2.53. The van der Waals surface area contributed by atoms with Crippen LogP contribution in [0.1, 0.15) is 51.7 Å². The first kappa shape index (κ1) is 34.2. The van der Waals surface area contributed by atoms with Crippen molar-refractivity contribution in [3.63, 3.8) is 0 Å². The first-order chi connectivity index (χ1) is 20.4. The predicted molar refractivity (Wildman–Crippen MR) is 172 cm³/mol. The van der Waals surface area contributed by atoms with Gasteiger partial charge in [0.25, 0.3) is 10.0 Å². The van der Waals surface area contributed by atoms with Gasteiger partial charge in [-0.15, -0.1) is 0 Å². The number of rotatable bonds is 14. The second-order valence-corrected chi connectivity index (χ2v) is 12.9. The molecule has 0 saturated carbocycles. The second-order valence-electron chi connectivity index (χ2n) is 10.3. The van der Waals surface area contributed by atoms with Crippen LogP contribution in [-0.2, 0) is 26.2 Å². The highest BCUT2D eigenvalue weighted by molar-refractivity contribution is 7.92. The molecule has 2 amide bonds. The summed E-state index contributed by atoms with van der Waals surface area (Å²) < 4.78 is 34.6. The number of benzene rings is 3. The van der Waals surface area contributed by atoms with E-state index in [1.807, 2.05) is 34.6 Å². The van der Waals surface area contributed by atoms with E-state index >= 15 is 0 Å². The van der Waals surface area contributed by atoms with Gasteiger partial charge in [-0.05, 0) is 87.7 Å². The van der Waals surface area contributed by atoms with Crippen LogP contribution in [-0.4, -0.2) is 50.4 Å². The smallest absolute Gasteiger partial charge is 0.264 e. The van der Waals surface area contributed by atoms with E-state index in [4.69, 9.17) is 27.9 Å². The number of anilines is 1. The number of aryl methyl sites for hydroxylation is 1. The Morgan fingerprint density at radius 3 is 2.12 bits per heavy atom. The first-order valence-corrected chi connectivity index (χ1v) is 16.5. The number of hydrogen-bond donors (Lipinski definition) is 1. The summed E-state index contributed by atoms with van der Waals surface area (Å²) in [7, 11) is -4.18. The average molecular weight is 649 g/mol. The molecular formula is C32H39Cl2N3O5S. The Hall–Kier alpha value is -3.27. The lowest BCUT2D eigenvalue weighted by atomic mass is 10.1. The molecule has 3 rings (SSSR count). The summed E-state index contributed by atoms with van der Waals surface area (Å²) >= 11 is 12.4. The zero-order chi connectivity index (χ0) is 31.7. The molecule has 43 heavy (non-hydrogen) atoms. The molecule has 0 radical (unpaired) electrons. The van der Waals surface area contributed by atoms with Crippen molar-refractivity contribution in [3.05, 3.63) is 87.9 Å². The minimum Gasteiger partial charge on any atom is -0.494 e. The minimum absolute atomic E-state index is 0.0177. The maximum absolute atomic E-state index is 14.2. The number of carbonyl (C=O) groups excluding carboxylic acids is 2. The normalized spacial score (nSPS) is 12.7. The Bertz CT molecular complexity index is 1500. The average Bonchev–Trinajstić information content (AvgIpc) is 2.98. The number of sulfonamides is 1. The fourth-order valence-electron chi connectivity index (χ4n) is 4.44. The summed E-state index contributed by atoms with van der Waals surface area (Å²) in [6.07, 6.45) is 1.02. The van der Waals surface area contributed by atoms with Crippen LogP contribution in [0.4, 0.5) is 5.69 Å². The summed E-state index contributed by atoms with van der Waals surface area (Å²) in [5, 5.41) is 3.63. The molecule has 0 fully saturated rings. The molecule has 0 aliphatic heterocycles. The van der Waals surface area contributed by atoms with E-state index in [9.17, 15) is 18.0 Å². The van der Waals surface area contributed by atoms with Gasteiger partial charge in [-0.1, -0.05) is 60.8 Å². The second kappa shape index (κ2) is 15.5. The standard InChI is InChI=1S/C32H39Cl2N3O5S/c1-6-23(5)35-32(39)30(7-2)36(20-24-11-18-28(33)29(34)19-24)31(38)21-37(25-12-14-26(15-13-25)42-8-3)43(40,41)27-16-9-22(4)10-17-27/h9-19,23,30H,6-8,20-21H2,1-5H3,(H,35,39)/t23-,30-/m0/s1. The van der Waals surface area contributed by atoms with Crippen molar-refractivity contribution in [1.29, 1.82) is 0 Å². The number of ether oxygens (including phenoxy) is 1. The quantitative estimate of drug-likeness (QED) is 0.212. The third-order valence-electron chi connectivity index (χ3n) is 7.05. The van der Waals surface area contributed by atoms with Crippen molar-refractivity contribution in [1.82, 2.24) is 10.2 Å². The Morgan fingerprint density at radius 1 is 0.907 bits per heavy atom. The fraction of sp³-hybridized carbons (Fsp3) is 0.375. The van der Waals surface area contributed by atoms with Crippen LogP contribution < -0.4 is 14.4 Å². The van der Waals surface area contributed by atoms with Crippen LogP contribution >= 0.6 is 23.2 Å². The van der Waals surface area contributed by atoms with Crippen molar-refractivity contribution >= 4 is 50.7 Å². The van der Waals surface area contributed by atoms with Crippen LogP contribution in [0.25, 0.3) is 0 Å². The molecule has 0 aliphatic rings. The van der Waals surface area contributed by atoms with Crippen LogP contribution in [0.5, 0.6) is 5.75 Å². The van der Waals surface area contributed by atoms with E-state index in [1.165, 1.54) is 17.0 Å². The van der Waals surface area contributed by atoms with Crippen LogP contribution in [0, 0.1) is 6.92 Å². The van der Waals surface area contributed by atoms with Crippen molar-refractivity contribution in [2.45, 2.75) is 71.0 Å². The number of hydrogen-bond acceptors (Lipinski definition) is 5. The van der Waals surface area contributed by atoms with Gasteiger partial charge >= 0.3 is 0 Å². The molecule has 3 aromatic carbocycles. The van der Waals surface area contributed by atoms with Gasteiger partial charge in [0.05, 0.1) is 27.2 Å². The van der Waals surface area contributed by atoms with Crippen molar-refractivity contribution in [3.8, 4) is 5.75 Å². The molecule has 0 bridgehead atoms. The Balaban J connectivity index is 2.08. The molecule has 0 spiro atoms. The molecule has 0 saturated heterocycles. The van der Waals surface area contributed by atoms with Gasteiger partial charge in [0.2, 0.25) is 11.8 Å². The zero-order valence-electron chi connectivity index (χ0n) is 25.1. The monoisotopic (exact) mass is 647 g/mol. The van der Waals surface area contributed by atoms with Crippen molar-refractivity contribution in [2.75, 3.05) is 17.5 Å². The SMILES string of the molecule is CCOc1ccc(N(CC(=O)N(Cc2ccc(Cl)c(Cl)c2)[C@@H](CC)C(=O)N[C@@H](C)CC)S(=O)(=O)c2ccc(C)cc2)cc1. The highest BCUT2D eigenvalue weighted by atomic mass is 35.5. The summed E-state index contributed by atoms with van der Waals surface area (Å²) in [6.45, 7) is 9.29. The lowest BCUT2D eigenvalue weighted by molar-refractivity contribution is -0.140. The summed E-state index contributed by atoms with van der Waals surface area (Å²) in [4.78, 5) is 29.1. The van der Waals surface area contributed by atoms with Gasteiger partial charge in [-0.2, -0.15) is 0 Å². The molecule has 2 atom stereocenters. The number of nitrogens with one attached hydrogen (secondary N) is 1. The topological polar surface area (TPSA) is 96.0 Å². The van der Waals surface area contributed by atoms with E-state index in [1.54, 1.807) is 54.6 Å². The predicted octanol–water partition coefficient (Wildman–Crippen LogP) is 6.62. The Labute approximate surface area is 265 Å². The van der Waals surface area contributed by atoms with E-state index < -0.39 is 28.5 Å². The lowest BCUT2D eigenvalue weighted by Gasteiger charge is -2.33. The van der Waals surface area contributed by atoms with Crippen LogP contribution in [0.15, 0.2) is 71.6 Å². The summed E-state index contributed by atoms with van der Waals surface area (Å²) in [5.41, 5.74) is 1.82. The molecule has 8 nitrogen and oxygen atoms in total. The number of halogens is 2. The minimum atomic E-state index is -4.18. The van der Waals surface area contributed by atoms with Gasteiger partial charge in [0.1, 0.15) is 18.3 Å². The molecule has 232 valence electrons. The molecule has 0 aromatic heterocycles. The number of carbonyl (C=O) groups is 2. The van der Waals surface area contributed by atoms with Crippen molar-refractivity contribution < 1.29 is 22.7 Å². The summed E-state index contributed by atoms with van der Waals surface area (Å²) in [5.74, 6) is -0.305. The molecule has 0 aliphatic carbocycles. The molecular weight excluding hydrogens is 609 g/mol. The molecule has 1 N–H and O–H groups in total. The van der Waals surface area contributed by atoms with Gasteiger partial charge < -0.3 is 15.0 Å². The molecule has 0 heterocycles. The van der Waals surface area contributed by atoms with E-state index in [0.717, 1.165) is 9.87 Å². The van der Waals surface area contributed by atoms with E-state index in [0.29, 0.717) is 40.8 Å². The third-order valence-corrected chi connectivity index (χ3v) is 9.57. The van der Waals surface area contributed by atoms with E-state index in [2.05, 4.69) is 5.32 Å². The number of amides is 2. The summed E-state index contributed by atoms with van der Waals surface area (Å²) in [6, 6.07) is 16.9. The highest BCUT2D eigenvalue weighted by Crippen LogP contribution is 2.28. The zero-order valence-corrected chi connectivity index (χ0v) is 27.5. The largest absolute Gasteiger partial charge is 0.494 e. The molecule has 0 unspecified atom stereocenters. The molecule has 11 heteroatoms. The fourth-order valence-corrected chi connectivity index (χ4v) is 6.17. The maximum atomic E-state index is 14.2. The Morgan fingerprint density at radius 2 is 1.56 bits per heavy atom. The van der Waals surface area contributed by atoms with E-state index in [-0.39, 0.29) is 29.1 Å². The Kier molecular flexibility index (Phi) is 12.3. The third kappa shape index (κ3) is 8.87. The first-order valence-electron chi connectivity index (χ1n) is 14.3. The van der Waals surface area contributed by atoms with Crippen LogP contribution in [0.3, 0.4) is 0 Å². The van der Waals surface area contributed by atoms with Gasteiger partial charge in [0.15, 0.2) is 0 Å². The van der Waals surface area contributed by atoms with Gasteiger partial charge in [-0.3, -0.25) is 13.9 Å². The molecule has 3 aromatic rings. The van der Waals surface area contributed by atoms with Crippen molar-refractivity contribution in [2.24, 2.45) is 0 Å². The van der Waals surface area contributed by atoms with Gasteiger partial charge in [-0.25, -0.2) is 8.42 Å². The maximum Gasteiger partial charge on any atom is 0.264 e. The highest BCUT2D eigenvalue weighted by Gasteiger charge is 2.34. The van der Waals surface area contributed by atoms with Gasteiger partial charge in [0, 0.05) is 12.6 Å². The van der Waals surface area contributed by atoms with Crippen LogP contribution in [0.2, 0.25) is 10.0 Å². The number of nitrogens with zero attached hydrogens (tertiary/aromatic N) is 2.